The maximum atomic E-state index is 12.5. The number of hydrogen-bond donors (Lipinski definition) is 0. The Balaban J connectivity index is 2.83. The molecular formula is C14H21O4P. The third kappa shape index (κ3) is 4.83. The van der Waals surface area contributed by atoms with Crippen molar-refractivity contribution in [1.29, 1.82) is 0 Å². The lowest BCUT2D eigenvalue weighted by molar-refractivity contribution is 0.230. The van der Waals surface area contributed by atoms with E-state index in [2.05, 4.69) is 6.58 Å². The highest BCUT2D eigenvalue weighted by Crippen LogP contribution is 2.46. The topological polar surface area (TPSA) is 44.8 Å². The fourth-order valence-electron chi connectivity index (χ4n) is 1.46. The smallest absolute Gasteiger partial charge is 0.361 e. The number of ether oxygens (including phenoxy) is 1. The summed E-state index contributed by atoms with van der Waals surface area (Å²) in [5, 5.41) is 0.541. The van der Waals surface area contributed by atoms with Crippen LogP contribution < -0.4 is 10.0 Å². The molecule has 0 saturated carbocycles. The fraction of sp³-hybridized carbons (Fsp3) is 0.429. The molecule has 19 heavy (non-hydrogen) atoms. The minimum atomic E-state index is -3.20. The number of benzene rings is 1. The van der Waals surface area contributed by atoms with Gasteiger partial charge in [-0.25, -0.2) is 0 Å². The zero-order chi connectivity index (χ0) is 14.3. The predicted molar refractivity (Wildman–Crippen MR) is 77.2 cm³/mol. The molecule has 0 fully saturated rings. The summed E-state index contributed by atoms with van der Waals surface area (Å²) >= 11 is 0. The van der Waals surface area contributed by atoms with E-state index in [-0.39, 0.29) is 0 Å². The van der Waals surface area contributed by atoms with Gasteiger partial charge in [-0.05, 0) is 50.6 Å². The van der Waals surface area contributed by atoms with E-state index in [9.17, 15) is 4.57 Å². The molecule has 0 aliphatic heterocycles. The molecule has 0 N–H and O–H groups in total. The van der Waals surface area contributed by atoms with Crippen LogP contribution in [0.4, 0.5) is 0 Å². The molecule has 1 rings (SSSR count). The summed E-state index contributed by atoms with van der Waals surface area (Å²) in [6.07, 6.45) is 0. The molecule has 0 saturated heterocycles. The summed E-state index contributed by atoms with van der Waals surface area (Å²) in [4.78, 5) is 0. The maximum Gasteiger partial charge on any atom is 0.361 e. The van der Waals surface area contributed by atoms with Gasteiger partial charge < -0.3 is 13.8 Å². The number of hydrogen-bond acceptors (Lipinski definition) is 4. The molecule has 4 nitrogen and oxygen atoms in total. The molecule has 0 aromatic heterocycles. The Morgan fingerprint density at radius 3 is 2.11 bits per heavy atom. The Bertz CT molecular complexity index is 443. The van der Waals surface area contributed by atoms with E-state index >= 15 is 0 Å². The molecule has 106 valence electrons. The maximum absolute atomic E-state index is 12.5. The van der Waals surface area contributed by atoms with Gasteiger partial charge in [-0.1, -0.05) is 6.58 Å². The van der Waals surface area contributed by atoms with Gasteiger partial charge in [-0.3, -0.25) is 4.57 Å². The van der Waals surface area contributed by atoms with Crippen molar-refractivity contribution < 1.29 is 18.3 Å². The molecule has 5 heteroatoms. The molecule has 0 aliphatic rings. The molecule has 0 atom stereocenters. The van der Waals surface area contributed by atoms with Crippen LogP contribution in [0.15, 0.2) is 36.4 Å². The van der Waals surface area contributed by atoms with Crippen LogP contribution in [0.25, 0.3) is 0 Å². The molecular weight excluding hydrogens is 263 g/mol. The van der Waals surface area contributed by atoms with Crippen molar-refractivity contribution in [3.63, 3.8) is 0 Å². The Kier molecular flexibility index (Phi) is 6.29. The van der Waals surface area contributed by atoms with Crippen LogP contribution in [0, 0.1) is 0 Å². The van der Waals surface area contributed by atoms with E-state index in [1.165, 1.54) is 0 Å². The lowest BCUT2D eigenvalue weighted by Gasteiger charge is -2.17. The van der Waals surface area contributed by atoms with Crippen molar-refractivity contribution in [3.05, 3.63) is 36.4 Å². The lowest BCUT2D eigenvalue weighted by atomic mass is 10.3. The van der Waals surface area contributed by atoms with E-state index in [1.807, 2.05) is 6.92 Å². The van der Waals surface area contributed by atoms with Crippen LogP contribution in [0.5, 0.6) is 5.75 Å². The predicted octanol–water partition coefficient (Wildman–Crippen LogP) is 3.53. The summed E-state index contributed by atoms with van der Waals surface area (Å²) in [5.74, 6) is 0.700. The molecule has 0 heterocycles. The molecule has 0 unspecified atom stereocenters. The first-order valence-electron chi connectivity index (χ1n) is 6.28. The summed E-state index contributed by atoms with van der Waals surface area (Å²) in [6.45, 7) is 10.4. The van der Waals surface area contributed by atoms with Crippen molar-refractivity contribution in [2.45, 2.75) is 20.8 Å². The third-order valence-electron chi connectivity index (χ3n) is 2.24. The Labute approximate surface area is 114 Å². The number of rotatable bonds is 8. The van der Waals surface area contributed by atoms with E-state index in [1.54, 1.807) is 38.1 Å². The molecule has 0 bridgehead atoms. The van der Waals surface area contributed by atoms with Crippen molar-refractivity contribution in [1.82, 2.24) is 0 Å². The van der Waals surface area contributed by atoms with Gasteiger partial charge in [-0.2, -0.15) is 0 Å². The van der Waals surface area contributed by atoms with E-state index < -0.39 is 7.60 Å². The monoisotopic (exact) mass is 284 g/mol. The van der Waals surface area contributed by atoms with Crippen LogP contribution in [0.3, 0.4) is 0 Å². The van der Waals surface area contributed by atoms with Crippen molar-refractivity contribution >= 4 is 12.9 Å². The largest absolute Gasteiger partial charge is 0.489 e. The molecule has 0 amide bonds. The first-order valence-corrected chi connectivity index (χ1v) is 7.83. The van der Waals surface area contributed by atoms with Gasteiger partial charge in [0.25, 0.3) is 0 Å². The quantitative estimate of drug-likeness (QED) is 0.541. The van der Waals surface area contributed by atoms with Gasteiger partial charge in [0.15, 0.2) is 0 Å². The van der Waals surface area contributed by atoms with Crippen LogP contribution >= 0.6 is 7.60 Å². The van der Waals surface area contributed by atoms with Crippen molar-refractivity contribution in [2.75, 3.05) is 19.8 Å². The van der Waals surface area contributed by atoms with Gasteiger partial charge in [0.2, 0.25) is 0 Å². The molecule has 1 aromatic carbocycles. The first kappa shape index (κ1) is 16.0. The minimum absolute atomic E-state index is 0.338. The van der Waals surface area contributed by atoms with Crippen LogP contribution in [0.1, 0.15) is 20.8 Å². The van der Waals surface area contributed by atoms with Crippen LogP contribution in [0.2, 0.25) is 0 Å². The van der Waals surface area contributed by atoms with Gasteiger partial charge in [0.05, 0.1) is 18.5 Å². The highest BCUT2D eigenvalue weighted by molar-refractivity contribution is 7.62. The minimum Gasteiger partial charge on any atom is -0.489 e. The second-order valence-corrected chi connectivity index (χ2v) is 6.10. The zero-order valence-electron chi connectivity index (χ0n) is 11.7. The third-order valence-corrected chi connectivity index (χ3v) is 4.36. The Hall–Kier alpha value is -1.09. The lowest BCUT2D eigenvalue weighted by Crippen LogP contribution is -2.10. The fourth-order valence-corrected chi connectivity index (χ4v) is 3.02. The molecule has 0 aliphatic carbocycles. The average molecular weight is 284 g/mol. The second kappa shape index (κ2) is 7.49. The van der Waals surface area contributed by atoms with Gasteiger partial charge in [0, 0.05) is 0 Å². The summed E-state index contributed by atoms with van der Waals surface area (Å²) in [7, 11) is -3.20. The summed E-state index contributed by atoms with van der Waals surface area (Å²) < 4.78 is 28.5. The van der Waals surface area contributed by atoms with Gasteiger partial charge in [0.1, 0.15) is 12.4 Å². The standard InChI is InChI=1S/C14H21O4P/c1-5-17-19(15,18-6-2)14-9-7-13(8-10-14)16-11-12(3)4/h7-10H,3,5-6,11H2,1-2,4H3. The first-order chi connectivity index (χ1) is 9.01. The summed E-state index contributed by atoms with van der Waals surface area (Å²) in [6, 6.07) is 6.92. The van der Waals surface area contributed by atoms with Crippen LogP contribution in [-0.2, 0) is 13.6 Å². The van der Waals surface area contributed by atoms with Gasteiger partial charge in [-0.15, -0.1) is 0 Å². The molecule has 0 radical (unpaired) electrons. The van der Waals surface area contributed by atoms with E-state index in [0.717, 1.165) is 5.57 Å². The Morgan fingerprint density at radius 2 is 1.68 bits per heavy atom. The average Bonchev–Trinajstić information content (AvgIpc) is 2.37. The summed E-state index contributed by atoms with van der Waals surface area (Å²) in [5.41, 5.74) is 0.943. The van der Waals surface area contributed by atoms with E-state index in [0.29, 0.717) is 30.9 Å². The van der Waals surface area contributed by atoms with Crippen molar-refractivity contribution in [2.24, 2.45) is 0 Å². The Morgan fingerprint density at radius 1 is 1.16 bits per heavy atom. The normalized spacial score (nSPS) is 11.3. The second-order valence-electron chi connectivity index (χ2n) is 4.07. The highest BCUT2D eigenvalue weighted by atomic mass is 31.2. The molecule has 0 spiro atoms. The van der Waals surface area contributed by atoms with Crippen molar-refractivity contribution in [3.8, 4) is 5.75 Å². The SMILES string of the molecule is C=C(C)COc1ccc(P(=O)(OCC)OCC)cc1. The van der Waals surface area contributed by atoms with Gasteiger partial charge >= 0.3 is 7.60 Å². The van der Waals surface area contributed by atoms with Crippen LogP contribution in [-0.4, -0.2) is 19.8 Å². The van der Waals surface area contributed by atoms with E-state index in [4.69, 9.17) is 13.8 Å². The highest BCUT2D eigenvalue weighted by Gasteiger charge is 2.26. The molecule has 1 aromatic rings. The zero-order valence-corrected chi connectivity index (χ0v) is 12.6.